The quantitative estimate of drug-likeness (QED) is 0.843. The van der Waals surface area contributed by atoms with Gasteiger partial charge in [0.2, 0.25) is 0 Å². The minimum atomic E-state index is -4.43. The van der Waals surface area contributed by atoms with Crippen molar-refractivity contribution in [3.05, 3.63) is 45.4 Å². The van der Waals surface area contributed by atoms with Gasteiger partial charge < -0.3 is 10.5 Å². The fourth-order valence-corrected chi connectivity index (χ4v) is 2.84. The Morgan fingerprint density at radius 3 is 2.73 bits per heavy atom. The summed E-state index contributed by atoms with van der Waals surface area (Å²) in [6, 6.07) is 3.01. The van der Waals surface area contributed by atoms with Crippen molar-refractivity contribution < 1.29 is 17.9 Å². The summed E-state index contributed by atoms with van der Waals surface area (Å²) >= 11 is 7.36. The van der Waals surface area contributed by atoms with Crippen LogP contribution in [0.25, 0.3) is 0 Å². The number of rotatable bonds is 6. The Labute approximate surface area is 134 Å². The molecular weight excluding hydrogens is 337 g/mol. The third-order valence-corrected chi connectivity index (χ3v) is 4.32. The summed E-state index contributed by atoms with van der Waals surface area (Å²) in [5.41, 5.74) is 4.90. The molecular formula is C14H14ClF3N2OS. The molecule has 22 heavy (non-hydrogen) atoms. The second kappa shape index (κ2) is 7.30. The molecule has 3 nitrogen and oxygen atoms in total. The van der Waals surface area contributed by atoms with Crippen LogP contribution < -0.4 is 10.5 Å². The molecule has 2 N–H and O–H groups in total. The van der Waals surface area contributed by atoms with Gasteiger partial charge >= 0.3 is 6.18 Å². The molecule has 0 saturated heterocycles. The molecule has 1 aromatic carbocycles. The summed E-state index contributed by atoms with van der Waals surface area (Å²) in [7, 11) is 0. The molecule has 2 aromatic rings. The molecule has 1 atom stereocenters. The van der Waals surface area contributed by atoms with E-state index < -0.39 is 11.7 Å². The molecule has 0 amide bonds. The van der Waals surface area contributed by atoms with E-state index in [1.807, 2.05) is 5.38 Å². The van der Waals surface area contributed by atoms with Gasteiger partial charge in [-0.2, -0.15) is 13.2 Å². The van der Waals surface area contributed by atoms with Crippen molar-refractivity contribution in [3.8, 4) is 5.75 Å². The molecule has 0 aliphatic carbocycles. The van der Waals surface area contributed by atoms with Crippen LogP contribution >= 0.6 is 22.9 Å². The maximum Gasteiger partial charge on any atom is 0.416 e. The lowest BCUT2D eigenvalue weighted by Gasteiger charge is -2.14. The van der Waals surface area contributed by atoms with E-state index in [2.05, 4.69) is 4.98 Å². The average Bonchev–Trinajstić information content (AvgIpc) is 2.98. The Kier molecular flexibility index (Phi) is 5.66. The lowest BCUT2D eigenvalue weighted by atomic mass is 10.1. The largest absolute Gasteiger partial charge is 0.492 e. The van der Waals surface area contributed by atoms with Gasteiger partial charge in [0.1, 0.15) is 5.75 Å². The lowest BCUT2D eigenvalue weighted by Crippen LogP contribution is -2.15. The third kappa shape index (κ3) is 4.34. The van der Waals surface area contributed by atoms with E-state index >= 15 is 0 Å². The van der Waals surface area contributed by atoms with E-state index in [9.17, 15) is 13.2 Å². The van der Waals surface area contributed by atoms with Crippen LogP contribution in [0.5, 0.6) is 5.75 Å². The highest BCUT2D eigenvalue weighted by Gasteiger charge is 2.31. The summed E-state index contributed by atoms with van der Waals surface area (Å²) in [6.45, 7) is 0.607. The number of halogens is 4. The first-order valence-corrected chi connectivity index (χ1v) is 7.76. The second-order valence-corrected chi connectivity index (χ2v) is 5.92. The highest BCUT2D eigenvalue weighted by Crippen LogP contribution is 2.35. The zero-order chi connectivity index (χ0) is 16.2. The summed E-state index contributed by atoms with van der Waals surface area (Å²) in [4.78, 5) is 4.19. The fraction of sp³-hybridized carbons (Fsp3) is 0.357. The van der Waals surface area contributed by atoms with Crippen LogP contribution in [0.4, 0.5) is 13.2 Å². The Hall–Kier alpha value is -1.31. The van der Waals surface area contributed by atoms with Crippen LogP contribution in [0.2, 0.25) is 5.02 Å². The van der Waals surface area contributed by atoms with Gasteiger partial charge in [0.05, 0.1) is 22.2 Å². The monoisotopic (exact) mass is 350 g/mol. The van der Waals surface area contributed by atoms with E-state index in [-0.39, 0.29) is 23.3 Å². The first-order chi connectivity index (χ1) is 10.4. The van der Waals surface area contributed by atoms with Gasteiger partial charge in [0.25, 0.3) is 0 Å². The summed E-state index contributed by atoms with van der Waals surface area (Å²) in [5.74, 6) is 0.0379. The molecule has 1 unspecified atom stereocenters. The van der Waals surface area contributed by atoms with Crippen molar-refractivity contribution >= 4 is 22.9 Å². The van der Waals surface area contributed by atoms with Crippen molar-refractivity contribution in [1.82, 2.24) is 4.98 Å². The molecule has 0 aliphatic rings. The number of hydrogen-bond donors (Lipinski definition) is 1. The molecule has 0 saturated carbocycles. The predicted molar refractivity (Wildman–Crippen MR) is 80.5 cm³/mol. The minimum Gasteiger partial charge on any atom is -0.492 e. The van der Waals surface area contributed by atoms with Gasteiger partial charge in [0, 0.05) is 24.0 Å². The number of alkyl halides is 3. The Morgan fingerprint density at radius 2 is 2.14 bits per heavy atom. The SMILES string of the molecule is NCC(CCOc1cc(C(F)(F)F)ccc1Cl)c1nccs1. The van der Waals surface area contributed by atoms with E-state index in [1.54, 1.807) is 6.20 Å². The zero-order valence-corrected chi connectivity index (χ0v) is 13.0. The van der Waals surface area contributed by atoms with Crippen LogP contribution in [-0.2, 0) is 6.18 Å². The van der Waals surface area contributed by atoms with Crippen LogP contribution in [-0.4, -0.2) is 18.1 Å². The number of nitrogens with two attached hydrogens (primary N) is 1. The van der Waals surface area contributed by atoms with Crippen LogP contribution in [0, 0.1) is 0 Å². The van der Waals surface area contributed by atoms with Crippen molar-refractivity contribution in [2.75, 3.05) is 13.2 Å². The Balaban J connectivity index is 1.99. The number of thiazole rings is 1. The van der Waals surface area contributed by atoms with Gasteiger partial charge in [0.15, 0.2) is 0 Å². The number of benzene rings is 1. The number of aromatic nitrogens is 1. The fourth-order valence-electron chi connectivity index (χ4n) is 1.88. The Morgan fingerprint density at radius 1 is 1.36 bits per heavy atom. The highest BCUT2D eigenvalue weighted by atomic mass is 35.5. The van der Waals surface area contributed by atoms with Gasteiger partial charge in [-0.05, 0) is 24.6 Å². The van der Waals surface area contributed by atoms with Gasteiger partial charge in [-0.3, -0.25) is 0 Å². The van der Waals surface area contributed by atoms with Crippen molar-refractivity contribution in [3.63, 3.8) is 0 Å². The standard InChI is InChI=1S/C14H14ClF3N2OS/c15-11-2-1-10(14(16,17)18)7-12(11)21-5-3-9(8-19)13-20-4-6-22-13/h1-2,4,6-7,9H,3,5,8,19H2. The predicted octanol–water partition coefficient (Wildman–Crippen LogP) is 4.33. The van der Waals surface area contributed by atoms with E-state index in [0.29, 0.717) is 13.0 Å². The number of ether oxygens (including phenoxy) is 1. The number of hydrogen-bond acceptors (Lipinski definition) is 4. The molecule has 1 heterocycles. The summed E-state index contributed by atoms with van der Waals surface area (Å²) < 4.78 is 43.4. The molecule has 1 aromatic heterocycles. The third-order valence-electron chi connectivity index (χ3n) is 3.07. The van der Waals surface area contributed by atoms with Gasteiger partial charge in [-0.1, -0.05) is 11.6 Å². The molecule has 0 bridgehead atoms. The van der Waals surface area contributed by atoms with E-state index in [4.69, 9.17) is 22.1 Å². The van der Waals surface area contributed by atoms with E-state index in [0.717, 1.165) is 17.1 Å². The molecule has 8 heteroatoms. The van der Waals surface area contributed by atoms with Crippen molar-refractivity contribution in [2.45, 2.75) is 18.5 Å². The van der Waals surface area contributed by atoms with E-state index in [1.165, 1.54) is 17.4 Å². The molecule has 0 radical (unpaired) electrons. The molecule has 0 fully saturated rings. The van der Waals surface area contributed by atoms with Crippen molar-refractivity contribution in [2.24, 2.45) is 5.73 Å². The zero-order valence-electron chi connectivity index (χ0n) is 11.4. The summed E-state index contributed by atoms with van der Waals surface area (Å²) in [6.07, 6.45) is -2.19. The lowest BCUT2D eigenvalue weighted by molar-refractivity contribution is -0.137. The van der Waals surface area contributed by atoms with Crippen molar-refractivity contribution in [1.29, 1.82) is 0 Å². The topological polar surface area (TPSA) is 48.1 Å². The number of nitrogens with zero attached hydrogens (tertiary/aromatic N) is 1. The van der Waals surface area contributed by atoms with Gasteiger partial charge in [-0.15, -0.1) is 11.3 Å². The summed E-state index contributed by atoms with van der Waals surface area (Å²) in [5, 5.41) is 2.88. The maximum atomic E-state index is 12.7. The Bertz CT molecular complexity index is 605. The smallest absolute Gasteiger partial charge is 0.416 e. The highest BCUT2D eigenvalue weighted by molar-refractivity contribution is 7.09. The minimum absolute atomic E-state index is 0.0181. The molecule has 0 spiro atoms. The van der Waals surface area contributed by atoms with Crippen LogP contribution in [0.15, 0.2) is 29.8 Å². The molecule has 120 valence electrons. The van der Waals surface area contributed by atoms with Gasteiger partial charge in [-0.25, -0.2) is 4.98 Å². The average molecular weight is 351 g/mol. The first kappa shape index (κ1) is 17.1. The first-order valence-electron chi connectivity index (χ1n) is 6.51. The molecule has 2 rings (SSSR count). The van der Waals surface area contributed by atoms with Crippen LogP contribution in [0.1, 0.15) is 22.9 Å². The normalized spacial score (nSPS) is 13.1. The second-order valence-electron chi connectivity index (χ2n) is 4.58. The van der Waals surface area contributed by atoms with Crippen LogP contribution in [0.3, 0.4) is 0 Å². The molecule has 0 aliphatic heterocycles. The maximum absolute atomic E-state index is 12.7.